The number of Topliss-reactive ketones (excluding diaryl/α,β-unsaturated/α-hetero) is 1. The van der Waals surface area contributed by atoms with Crippen molar-refractivity contribution >= 4 is 17.9 Å². The van der Waals surface area contributed by atoms with Crippen LogP contribution in [0.4, 0.5) is 0 Å². The molecule has 3 heteroatoms. The van der Waals surface area contributed by atoms with Crippen LogP contribution in [-0.2, 0) is 0 Å². The summed E-state index contributed by atoms with van der Waals surface area (Å²) < 4.78 is 1.82. The normalized spacial score (nSPS) is 11.0. The maximum Gasteiger partial charge on any atom is 0.163 e. The number of nitrogens with zero attached hydrogens (tertiary/aromatic N) is 2. The molecule has 2 aromatic carbocycles. The Morgan fingerprint density at radius 2 is 1.57 bits per heavy atom. The van der Waals surface area contributed by atoms with Crippen molar-refractivity contribution in [2.75, 3.05) is 0 Å². The van der Waals surface area contributed by atoms with Crippen molar-refractivity contribution in [3.8, 4) is 5.69 Å². The first-order valence-electron chi connectivity index (χ1n) is 7.56. The van der Waals surface area contributed by atoms with E-state index in [9.17, 15) is 4.79 Å². The lowest BCUT2D eigenvalue weighted by Crippen LogP contribution is -2.00. The molecule has 0 amide bonds. The molecule has 0 aliphatic rings. The predicted molar refractivity (Wildman–Crippen MR) is 93.7 cm³/mol. The van der Waals surface area contributed by atoms with E-state index in [0.717, 1.165) is 16.9 Å². The Morgan fingerprint density at radius 3 is 2.17 bits per heavy atom. The van der Waals surface area contributed by atoms with Crippen LogP contribution >= 0.6 is 0 Å². The van der Waals surface area contributed by atoms with E-state index in [1.165, 1.54) is 0 Å². The molecule has 0 aliphatic carbocycles. The van der Waals surface area contributed by atoms with Gasteiger partial charge in [0.2, 0.25) is 0 Å². The van der Waals surface area contributed by atoms with Crippen LogP contribution in [0.5, 0.6) is 0 Å². The number of hydrogen-bond donors (Lipinski definition) is 0. The number of carbonyl (C=O) groups excluding carboxylic acids is 1. The highest BCUT2D eigenvalue weighted by Gasteiger charge is 2.17. The summed E-state index contributed by atoms with van der Waals surface area (Å²) in [6.07, 6.45) is 3.88. The van der Waals surface area contributed by atoms with Crippen molar-refractivity contribution < 1.29 is 4.79 Å². The van der Waals surface area contributed by atoms with Gasteiger partial charge in [0, 0.05) is 0 Å². The summed E-state index contributed by atoms with van der Waals surface area (Å²) in [6, 6.07) is 19.8. The van der Waals surface area contributed by atoms with Crippen LogP contribution in [0.15, 0.2) is 60.7 Å². The third kappa shape index (κ3) is 3.14. The Balaban J connectivity index is 2.06. The number of rotatable bonds is 4. The Morgan fingerprint density at radius 1 is 0.957 bits per heavy atom. The van der Waals surface area contributed by atoms with Crippen LogP contribution in [-0.4, -0.2) is 15.6 Å². The number of benzene rings is 2. The summed E-state index contributed by atoms with van der Waals surface area (Å²) in [5.74, 6) is 0.0254. The van der Waals surface area contributed by atoms with Gasteiger partial charge in [-0.3, -0.25) is 4.79 Å². The van der Waals surface area contributed by atoms with E-state index in [1.807, 2.05) is 84.4 Å². The highest BCUT2D eigenvalue weighted by atomic mass is 16.1. The van der Waals surface area contributed by atoms with Crippen molar-refractivity contribution in [1.29, 1.82) is 0 Å². The largest absolute Gasteiger partial charge is 0.294 e. The molecule has 0 unspecified atom stereocenters. The molecule has 1 heterocycles. The minimum absolute atomic E-state index is 0.0254. The monoisotopic (exact) mass is 302 g/mol. The van der Waals surface area contributed by atoms with Crippen LogP contribution in [0.25, 0.3) is 17.8 Å². The van der Waals surface area contributed by atoms with Crippen LogP contribution in [0.2, 0.25) is 0 Å². The van der Waals surface area contributed by atoms with E-state index >= 15 is 0 Å². The molecule has 0 spiro atoms. The fourth-order valence-corrected chi connectivity index (χ4v) is 2.64. The van der Waals surface area contributed by atoms with Gasteiger partial charge in [-0.25, -0.2) is 4.68 Å². The molecule has 0 bridgehead atoms. The maximum absolute atomic E-state index is 12.1. The summed E-state index contributed by atoms with van der Waals surface area (Å²) in [5, 5.41) is 4.63. The van der Waals surface area contributed by atoms with E-state index < -0.39 is 0 Å². The average molecular weight is 302 g/mol. The second kappa shape index (κ2) is 6.44. The zero-order valence-corrected chi connectivity index (χ0v) is 13.2. The molecule has 1 aromatic heterocycles. The lowest BCUT2D eigenvalue weighted by Gasteiger charge is -2.03. The molecular weight excluding hydrogens is 284 g/mol. The minimum atomic E-state index is 0.0254. The van der Waals surface area contributed by atoms with Crippen molar-refractivity contribution in [3.63, 3.8) is 0 Å². The first kappa shape index (κ1) is 15.0. The molecular formula is C20H18N2O. The quantitative estimate of drug-likeness (QED) is 0.662. The Hall–Kier alpha value is -2.94. The molecule has 0 saturated carbocycles. The molecule has 0 N–H and O–H groups in total. The van der Waals surface area contributed by atoms with Gasteiger partial charge in [0.1, 0.15) is 0 Å². The minimum Gasteiger partial charge on any atom is -0.294 e. The van der Waals surface area contributed by atoms with E-state index in [4.69, 9.17) is 0 Å². The van der Waals surface area contributed by atoms with Gasteiger partial charge in [-0.1, -0.05) is 54.6 Å². The van der Waals surface area contributed by atoms with E-state index in [-0.39, 0.29) is 5.78 Å². The molecule has 3 nitrogen and oxygen atoms in total. The van der Waals surface area contributed by atoms with Crippen LogP contribution in [0, 0.1) is 6.92 Å². The van der Waals surface area contributed by atoms with Crippen molar-refractivity contribution in [1.82, 2.24) is 9.78 Å². The highest BCUT2D eigenvalue weighted by molar-refractivity contribution is 5.99. The lowest BCUT2D eigenvalue weighted by atomic mass is 10.1. The van der Waals surface area contributed by atoms with Crippen molar-refractivity contribution in [2.24, 2.45) is 0 Å². The number of ketones is 1. The molecule has 0 fully saturated rings. The number of aromatic nitrogens is 2. The molecule has 0 saturated heterocycles. The smallest absolute Gasteiger partial charge is 0.163 e. The number of hydrogen-bond acceptors (Lipinski definition) is 2. The van der Waals surface area contributed by atoms with Crippen LogP contribution < -0.4 is 0 Å². The van der Waals surface area contributed by atoms with E-state index in [0.29, 0.717) is 11.3 Å². The van der Waals surface area contributed by atoms with Gasteiger partial charge in [-0.15, -0.1) is 0 Å². The number of carbonyl (C=O) groups is 1. The fraction of sp³-hybridized carbons (Fsp3) is 0.100. The first-order valence-corrected chi connectivity index (χ1v) is 7.56. The van der Waals surface area contributed by atoms with Gasteiger partial charge in [-0.2, -0.15) is 5.10 Å². The first-order chi connectivity index (χ1) is 11.2. The van der Waals surface area contributed by atoms with Gasteiger partial charge in [0.15, 0.2) is 5.78 Å². The van der Waals surface area contributed by atoms with E-state index in [2.05, 4.69) is 5.10 Å². The SMILES string of the molecule is CC(=O)c1c(/C=C/c2ccccc2)nn(-c2ccccc2)c1C. The summed E-state index contributed by atoms with van der Waals surface area (Å²) >= 11 is 0. The molecule has 3 rings (SSSR count). The molecule has 114 valence electrons. The summed E-state index contributed by atoms with van der Waals surface area (Å²) in [7, 11) is 0. The molecule has 0 aliphatic heterocycles. The standard InChI is InChI=1S/C20H18N2O/c1-15-20(16(2)23)19(14-13-17-9-5-3-6-10-17)21-22(15)18-11-7-4-8-12-18/h3-14H,1-2H3/b14-13+. The number of para-hydroxylation sites is 1. The molecule has 23 heavy (non-hydrogen) atoms. The van der Waals surface area contributed by atoms with Gasteiger partial charge < -0.3 is 0 Å². The highest BCUT2D eigenvalue weighted by Crippen LogP contribution is 2.21. The predicted octanol–water partition coefficient (Wildman–Crippen LogP) is 4.55. The maximum atomic E-state index is 12.1. The second-order valence-electron chi connectivity index (χ2n) is 5.39. The Kier molecular flexibility index (Phi) is 4.20. The average Bonchev–Trinajstić information content (AvgIpc) is 2.91. The lowest BCUT2D eigenvalue weighted by molar-refractivity contribution is 0.101. The zero-order valence-electron chi connectivity index (χ0n) is 13.2. The van der Waals surface area contributed by atoms with Crippen molar-refractivity contribution in [2.45, 2.75) is 13.8 Å². The molecule has 3 aromatic rings. The van der Waals surface area contributed by atoms with Crippen molar-refractivity contribution in [3.05, 3.63) is 83.2 Å². The van der Waals surface area contributed by atoms with Gasteiger partial charge in [0.25, 0.3) is 0 Å². The summed E-state index contributed by atoms with van der Waals surface area (Å²) in [6.45, 7) is 3.51. The van der Waals surface area contributed by atoms with Crippen LogP contribution in [0.1, 0.15) is 34.2 Å². The van der Waals surface area contributed by atoms with Gasteiger partial charge in [0.05, 0.1) is 22.6 Å². The molecule has 0 radical (unpaired) electrons. The molecule has 0 atom stereocenters. The second-order valence-corrected chi connectivity index (χ2v) is 5.39. The third-order valence-corrected chi connectivity index (χ3v) is 3.73. The van der Waals surface area contributed by atoms with Gasteiger partial charge >= 0.3 is 0 Å². The third-order valence-electron chi connectivity index (χ3n) is 3.73. The zero-order chi connectivity index (χ0) is 16.2. The Bertz CT molecular complexity index is 846. The Labute approximate surface area is 135 Å². The van der Waals surface area contributed by atoms with Gasteiger partial charge in [-0.05, 0) is 37.6 Å². The van der Waals surface area contributed by atoms with Crippen LogP contribution in [0.3, 0.4) is 0 Å². The van der Waals surface area contributed by atoms with E-state index in [1.54, 1.807) is 6.92 Å². The summed E-state index contributed by atoms with van der Waals surface area (Å²) in [5.41, 5.74) is 4.25. The fourth-order valence-electron chi connectivity index (χ4n) is 2.64. The topological polar surface area (TPSA) is 34.9 Å². The summed E-state index contributed by atoms with van der Waals surface area (Å²) in [4.78, 5) is 12.1.